The normalized spacial score (nSPS) is 23.0. The Kier molecular flexibility index (Phi) is 8.89. The molecule has 3 saturated heterocycles. The number of carbonyl (C=O) groups excluding carboxylic acids is 1. The summed E-state index contributed by atoms with van der Waals surface area (Å²) in [5, 5.41) is 0.00206. The van der Waals surface area contributed by atoms with E-state index >= 15 is 0 Å². The number of nitrogens with zero attached hydrogens (tertiary/aromatic N) is 4. The molecule has 0 saturated carbocycles. The smallest absolute Gasteiger partial charge is 0.256 e. The summed E-state index contributed by atoms with van der Waals surface area (Å²) in [6.45, 7) is 4.23. The fourth-order valence-electron chi connectivity index (χ4n) is 8.61. The van der Waals surface area contributed by atoms with Gasteiger partial charge in [-0.1, -0.05) is 65.7 Å². The summed E-state index contributed by atoms with van der Waals surface area (Å²) in [6.07, 6.45) is 7.37. The summed E-state index contributed by atoms with van der Waals surface area (Å²) in [5.41, 5.74) is 3.60. The summed E-state index contributed by atoms with van der Waals surface area (Å²) in [6, 6.07) is 23.5. The molecule has 4 heterocycles. The molecule has 0 radical (unpaired) electrons. The van der Waals surface area contributed by atoms with Crippen molar-refractivity contribution in [2.45, 2.75) is 80.3 Å². The van der Waals surface area contributed by atoms with Crippen LogP contribution in [0.25, 0.3) is 11.0 Å². The van der Waals surface area contributed by atoms with Crippen molar-refractivity contribution in [2.24, 2.45) is 0 Å². The summed E-state index contributed by atoms with van der Waals surface area (Å²) < 4.78 is 29.9. The number of aromatic nitrogens is 2. The third-order valence-electron chi connectivity index (χ3n) is 11.1. The maximum atomic E-state index is 13.8. The lowest BCUT2D eigenvalue weighted by atomic mass is 9.70. The van der Waals surface area contributed by atoms with Crippen LogP contribution in [0.4, 0.5) is 0 Å². The zero-order chi connectivity index (χ0) is 32.9. The number of amides is 1. The lowest BCUT2D eigenvalue weighted by molar-refractivity contribution is 0.0607. The van der Waals surface area contributed by atoms with Gasteiger partial charge >= 0.3 is 0 Å². The molecule has 4 aromatic rings. The summed E-state index contributed by atoms with van der Waals surface area (Å²) >= 11 is 13.0. The Morgan fingerprint density at radius 1 is 0.936 bits per heavy atom. The van der Waals surface area contributed by atoms with Gasteiger partial charge in [-0.15, -0.1) is 0 Å². The van der Waals surface area contributed by atoms with Crippen molar-refractivity contribution in [3.63, 3.8) is 0 Å². The van der Waals surface area contributed by atoms with E-state index in [1.165, 1.54) is 43.1 Å². The standard InChI is InChI=1S/C36H41Cl2N5O3S/c1-24-40-30-10-6-7-11-31(30)43(24)28-22-26-12-13-27(23-28)42(26)21-18-36(25-8-4-3-5-9-25)16-19-41(20-17-36)35(44)33-29(37)14-15-32(34(33)38)47(45,46)39-2/h3-11,14-15,26-28,39H,12-13,16-23H2,1-2H3/t26-,27+,28+. The van der Waals surface area contributed by atoms with Crippen LogP contribution in [0.15, 0.2) is 71.6 Å². The molecule has 3 aromatic carbocycles. The van der Waals surface area contributed by atoms with Crippen LogP contribution in [0.2, 0.25) is 10.0 Å². The van der Waals surface area contributed by atoms with E-state index in [1.807, 2.05) is 0 Å². The number of likely N-dealkylation sites (tertiary alicyclic amines) is 1. The van der Waals surface area contributed by atoms with Crippen molar-refractivity contribution in [1.82, 2.24) is 24.1 Å². The second-order valence-electron chi connectivity index (χ2n) is 13.4. The number of rotatable bonds is 8. The molecule has 1 N–H and O–H groups in total. The Hall–Kier alpha value is -2.95. The van der Waals surface area contributed by atoms with E-state index in [0.717, 1.165) is 50.0 Å². The minimum atomic E-state index is -3.86. The van der Waals surface area contributed by atoms with Crippen LogP contribution in [-0.4, -0.2) is 72.4 Å². The number of benzene rings is 3. The van der Waals surface area contributed by atoms with Gasteiger partial charge in [-0.2, -0.15) is 0 Å². The number of imidazole rings is 1. The van der Waals surface area contributed by atoms with E-state index in [2.05, 4.69) is 75.7 Å². The second-order valence-corrected chi connectivity index (χ2v) is 16.0. The number of fused-ring (bicyclic) bond motifs is 3. The van der Waals surface area contributed by atoms with Gasteiger partial charge in [-0.3, -0.25) is 9.69 Å². The topological polar surface area (TPSA) is 87.5 Å². The molecule has 3 atom stereocenters. The minimum Gasteiger partial charge on any atom is -0.338 e. The number of piperidine rings is 2. The third kappa shape index (κ3) is 5.88. The van der Waals surface area contributed by atoms with Crippen LogP contribution in [0.3, 0.4) is 0 Å². The molecule has 3 aliphatic rings. The second kappa shape index (κ2) is 12.8. The molecule has 2 bridgehead atoms. The van der Waals surface area contributed by atoms with E-state index in [-0.39, 0.29) is 31.8 Å². The first-order chi connectivity index (χ1) is 22.6. The Labute approximate surface area is 287 Å². The average Bonchev–Trinajstić information content (AvgIpc) is 3.54. The Morgan fingerprint density at radius 3 is 2.28 bits per heavy atom. The van der Waals surface area contributed by atoms with Crippen molar-refractivity contribution in [1.29, 1.82) is 0 Å². The van der Waals surface area contributed by atoms with Crippen LogP contribution in [0, 0.1) is 6.92 Å². The molecule has 3 fully saturated rings. The van der Waals surface area contributed by atoms with Crippen molar-refractivity contribution in [2.75, 3.05) is 26.7 Å². The molecule has 248 valence electrons. The third-order valence-corrected chi connectivity index (χ3v) is 13.3. The predicted molar refractivity (Wildman–Crippen MR) is 187 cm³/mol. The quantitative estimate of drug-likeness (QED) is 0.215. The van der Waals surface area contributed by atoms with Gasteiger partial charge in [0.2, 0.25) is 10.0 Å². The van der Waals surface area contributed by atoms with Crippen molar-refractivity contribution >= 4 is 50.2 Å². The lowest BCUT2D eigenvalue weighted by Gasteiger charge is -2.45. The van der Waals surface area contributed by atoms with Crippen LogP contribution < -0.4 is 4.72 Å². The van der Waals surface area contributed by atoms with E-state index in [1.54, 1.807) is 4.90 Å². The Bertz CT molecular complexity index is 1890. The first kappa shape index (κ1) is 32.6. The predicted octanol–water partition coefficient (Wildman–Crippen LogP) is 6.99. The van der Waals surface area contributed by atoms with Gasteiger partial charge in [0, 0.05) is 31.2 Å². The van der Waals surface area contributed by atoms with Crippen LogP contribution in [-0.2, 0) is 15.4 Å². The number of hydrogen-bond acceptors (Lipinski definition) is 5. The van der Waals surface area contributed by atoms with Gasteiger partial charge < -0.3 is 9.47 Å². The molecule has 11 heteroatoms. The highest BCUT2D eigenvalue weighted by Gasteiger charge is 2.44. The summed E-state index contributed by atoms with van der Waals surface area (Å²) in [5.74, 6) is 0.767. The van der Waals surface area contributed by atoms with E-state index in [4.69, 9.17) is 28.2 Å². The maximum absolute atomic E-state index is 13.8. The molecule has 0 spiro atoms. The number of hydrogen-bond donors (Lipinski definition) is 1. The number of aryl methyl sites for hydroxylation is 1. The molecule has 0 aliphatic carbocycles. The highest BCUT2D eigenvalue weighted by atomic mass is 35.5. The Balaban J connectivity index is 1.08. The summed E-state index contributed by atoms with van der Waals surface area (Å²) in [7, 11) is -2.55. The zero-order valence-corrected chi connectivity index (χ0v) is 29.2. The Morgan fingerprint density at radius 2 is 1.60 bits per heavy atom. The lowest BCUT2D eigenvalue weighted by Crippen LogP contribution is -2.49. The number of nitrogens with one attached hydrogen (secondary N) is 1. The van der Waals surface area contributed by atoms with Crippen LogP contribution >= 0.6 is 23.2 Å². The molecule has 3 aliphatic heterocycles. The van der Waals surface area contributed by atoms with Gasteiger partial charge in [0.1, 0.15) is 10.7 Å². The molecule has 7 rings (SSSR count). The number of para-hydroxylation sites is 2. The van der Waals surface area contributed by atoms with Gasteiger partial charge in [0.15, 0.2) is 0 Å². The first-order valence-electron chi connectivity index (χ1n) is 16.6. The van der Waals surface area contributed by atoms with E-state index in [0.29, 0.717) is 31.2 Å². The monoisotopic (exact) mass is 693 g/mol. The highest BCUT2D eigenvalue weighted by molar-refractivity contribution is 7.89. The SMILES string of the molecule is CNS(=O)(=O)c1ccc(Cl)c(C(=O)N2CCC(CCN3[C@@H]4CC[C@H]3C[C@@H](n3c(C)nc5ccccc53)C4)(c3ccccc3)CC2)c1Cl. The van der Waals surface area contributed by atoms with Gasteiger partial charge in [-0.25, -0.2) is 18.1 Å². The zero-order valence-electron chi connectivity index (χ0n) is 26.8. The molecular weight excluding hydrogens is 653 g/mol. The van der Waals surface area contributed by atoms with Gasteiger partial charge in [-0.05, 0) is 101 Å². The van der Waals surface area contributed by atoms with Gasteiger partial charge in [0.25, 0.3) is 5.91 Å². The minimum absolute atomic E-state index is 0.0391. The van der Waals surface area contributed by atoms with Crippen molar-refractivity contribution in [3.05, 3.63) is 93.7 Å². The van der Waals surface area contributed by atoms with E-state index < -0.39 is 10.0 Å². The fraction of sp³-hybridized carbons (Fsp3) is 0.444. The van der Waals surface area contributed by atoms with Gasteiger partial charge in [0.05, 0.1) is 26.6 Å². The highest BCUT2D eigenvalue weighted by Crippen LogP contribution is 2.45. The first-order valence-corrected chi connectivity index (χ1v) is 18.8. The number of sulfonamides is 1. The fourth-order valence-corrected chi connectivity index (χ4v) is 10.3. The largest absolute Gasteiger partial charge is 0.338 e. The average molecular weight is 695 g/mol. The van der Waals surface area contributed by atoms with Crippen molar-refractivity contribution in [3.8, 4) is 0 Å². The maximum Gasteiger partial charge on any atom is 0.256 e. The molecule has 0 unspecified atom stereocenters. The molecule has 1 amide bonds. The van der Waals surface area contributed by atoms with Crippen molar-refractivity contribution < 1.29 is 13.2 Å². The molecule has 8 nitrogen and oxygen atoms in total. The number of halogens is 2. The molecular formula is C36H41Cl2N5O3S. The summed E-state index contributed by atoms with van der Waals surface area (Å²) in [4.78, 5) is 23.1. The van der Waals surface area contributed by atoms with Crippen LogP contribution in [0.5, 0.6) is 0 Å². The molecule has 47 heavy (non-hydrogen) atoms. The van der Waals surface area contributed by atoms with E-state index in [9.17, 15) is 13.2 Å². The van der Waals surface area contributed by atoms with Crippen LogP contribution in [0.1, 0.15) is 72.7 Å². The number of carbonyl (C=O) groups is 1. The molecule has 1 aromatic heterocycles.